The van der Waals surface area contributed by atoms with E-state index < -0.39 is 0 Å². The van der Waals surface area contributed by atoms with Crippen molar-refractivity contribution < 1.29 is 14.3 Å². The first-order chi connectivity index (χ1) is 16.5. The van der Waals surface area contributed by atoms with Crippen LogP contribution in [0.3, 0.4) is 0 Å². The Morgan fingerprint density at radius 1 is 1.26 bits per heavy atom. The zero-order valence-corrected chi connectivity index (χ0v) is 21.1. The van der Waals surface area contributed by atoms with Gasteiger partial charge in [-0.1, -0.05) is 6.07 Å². The third-order valence-electron chi connectivity index (χ3n) is 6.69. The molecule has 0 radical (unpaired) electrons. The number of nitrogens with one attached hydrogen (secondary N) is 1. The molecule has 2 aromatic rings. The predicted molar refractivity (Wildman–Crippen MR) is 135 cm³/mol. The van der Waals surface area contributed by atoms with Gasteiger partial charge in [0.15, 0.2) is 5.11 Å². The molecule has 8 nitrogen and oxygen atoms in total. The van der Waals surface area contributed by atoms with Crippen LogP contribution in [-0.2, 0) is 20.8 Å². The molecule has 9 heteroatoms. The monoisotopic (exact) mass is 485 g/mol. The summed E-state index contributed by atoms with van der Waals surface area (Å²) in [5, 5.41) is 3.96. The maximum absolute atomic E-state index is 12.4. The first kappa shape index (κ1) is 24.6. The number of hydrogen-bond acceptors (Lipinski definition) is 6. The van der Waals surface area contributed by atoms with Crippen molar-refractivity contribution in [2.75, 3.05) is 46.0 Å². The second-order valence-electron chi connectivity index (χ2n) is 8.85. The van der Waals surface area contributed by atoms with Gasteiger partial charge in [0.25, 0.3) is 0 Å². The summed E-state index contributed by atoms with van der Waals surface area (Å²) in [5.41, 5.74) is 4.48. The summed E-state index contributed by atoms with van der Waals surface area (Å²) in [6.07, 6.45) is 2.87. The van der Waals surface area contributed by atoms with Gasteiger partial charge in [-0.3, -0.25) is 14.7 Å². The molecule has 0 saturated carbocycles. The van der Waals surface area contributed by atoms with Crippen LogP contribution in [0.15, 0.2) is 30.5 Å². The van der Waals surface area contributed by atoms with E-state index >= 15 is 0 Å². The van der Waals surface area contributed by atoms with E-state index in [9.17, 15) is 4.79 Å². The molecule has 34 heavy (non-hydrogen) atoms. The third kappa shape index (κ3) is 5.42. The van der Waals surface area contributed by atoms with E-state index in [0.717, 1.165) is 57.1 Å². The second-order valence-corrected chi connectivity index (χ2v) is 9.23. The Morgan fingerprint density at radius 2 is 2.06 bits per heavy atom. The number of rotatable bonds is 9. The minimum absolute atomic E-state index is 0.106. The van der Waals surface area contributed by atoms with E-state index in [1.807, 2.05) is 30.0 Å². The summed E-state index contributed by atoms with van der Waals surface area (Å²) in [7, 11) is 0. The number of esters is 1. The number of pyridine rings is 1. The molecule has 0 spiro atoms. The van der Waals surface area contributed by atoms with Crippen LogP contribution in [0.1, 0.15) is 48.1 Å². The van der Waals surface area contributed by atoms with Crippen LogP contribution in [0.4, 0.5) is 0 Å². The summed E-state index contributed by atoms with van der Waals surface area (Å²) < 4.78 is 13.1. The number of aryl methyl sites for hydroxylation is 1. The molecular formula is C25H35N5O3S. The molecule has 0 aliphatic carbocycles. The van der Waals surface area contributed by atoms with Gasteiger partial charge in [-0.15, -0.1) is 0 Å². The van der Waals surface area contributed by atoms with E-state index in [-0.39, 0.29) is 24.6 Å². The van der Waals surface area contributed by atoms with Gasteiger partial charge in [-0.05, 0) is 63.2 Å². The van der Waals surface area contributed by atoms with Crippen molar-refractivity contribution in [3.63, 3.8) is 0 Å². The molecule has 0 unspecified atom stereocenters. The van der Waals surface area contributed by atoms with Gasteiger partial charge in [-0.25, -0.2) is 0 Å². The standard InChI is InChI=1S/C25H35N5O3S/c1-4-33-22(31)17-30-24(23(27-25(30)34)21-8-5-6-9-26-21)20-16-18(2)29(19(20)3)11-7-10-28-12-14-32-15-13-28/h5-6,8-9,16,23-24H,4,7,10-15,17H2,1-3H3,(H,27,34)/t23-,24+/m1/s1. The van der Waals surface area contributed by atoms with Gasteiger partial charge in [0.2, 0.25) is 0 Å². The van der Waals surface area contributed by atoms with Crippen molar-refractivity contribution in [1.82, 2.24) is 24.7 Å². The van der Waals surface area contributed by atoms with Gasteiger partial charge < -0.3 is 24.3 Å². The molecule has 4 heterocycles. The van der Waals surface area contributed by atoms with Crippen molar-refractivity contribution in [1.29, 1.82) is 0 Å². The zero-order chi connectivity index (χ0) is 24.1. The summed E-state index contributed by atoms with van der Waals surface area (Å²) in [6, 6.07) is 7.83. The van der Waals surface area contributed by atoms with Crippen LogP contribution in [-0.4, -0.2) is 76.4 Å². The molecule has 2 aliphatic rings. The molecule has 0 bridgehead atoms. The Hall–Kier alpha value is -2.49. The normalized spacial score (nSPS) is 21.0. The minimum Gasteiger partial charge on any atom is -0.465 e. The lowest BCUT2D eigenvalue weighted by Crippen LogP contribution is -2.37. The molecule has 2 fully saturated rings. The molecule has 2 saturated heterocycles. The summed E-state index contributed by atoms with van der Waals surface area (Å²) in [6.45, 7) is 12.3. The Labute approximate surface area is 207 Å². The number of morpholine rings is 1. The number of thiocarbonyl (C=S) groups is 1. The first-order valence-electron chi connectivity index (χ1n) is 12.1. The van der Waals surface area contributed by atoms with Gasteiger partial charge in [0, 0.05) is 43.8 Å². The van der Waals surface area contributed by atoms with Gasteiger partial charge >= 0.3 is 5.97 Å². The topological polar surface area (TPSA) is 71.9 Å². The molecule has 4 rings (SSSR count). The van der Waals surface area contributed by atoms with Crippen LogP contribution >= 0.6 is 12.2 Å². The average Bonchev–Trinajstić information content (AvgIpc) is 3.31. The fourth-order valence-corrected chi connectivity index (χ4v) is 5.31. The van der Waals surface area contributed by atoms with E-state index in [4.69, 9.17) is 21.7 Å². The lowest BCUT2D eigenvalue weighted by Gasteiger charge is -2.28. The quantitative estimate of drug-likeness (QED) is 0.430. The number of carbonyl (C=O) groups is 1. The van der Waals surface area contributed by atoms with Crippen LogP contribution in [0.25, 0.3) is 0 Å². The fraction of sp³-hybridized carbons (Fsp3) is 0.560. The largest absolute Gasteiger partial charge is 0.465 e. The first-order valence-corrected chi connectivity index (χ1v) is 12.5. The van der Waals surface area contributed by atoms with Gasteiger partial charge in [-0.2, -0.15) is 0 Å². The van der Waals surface area contributed by atoms with Crippen molar-refractivity contribution in [3.8, 4) is 0 Å². The maximum atomic E-state index is 12.4. The summed E-state index contributed by atoms with van der Waals surface area (Å²) >= 11 is 5.68. The van der Waals surface area contributed by atoms with Crippen molar-refractivity contribution in [3.05, 3.63) is 53.1 Å². The van der Waals surface area contributed by atoms with Gasteiger partial charge in [0.05, 0.1) is 37.6 Å². The molecule has 2 atom stereocenters. The highest BCUT2D eigenvalue weighted by molar-refractivity contribution is 7.80. The fourth-order valence-electron chi connectivity index (χ4n) is 5.01. The number of carbonyl (C=O) groups excluding carboxylic acids is 1. The molecule has 2 aromatic heterocycles. The van der Waals surface area contributed by atoms with Crippen LogP contribution in [0.5, 0.6) is 0 Å². The molecule has 1 N–H and O–H groups in total. The maximum Gasteiger partial charge on any atom is 0.325 e. The minimum atomic E-state index is -0.280. The van der Waals surface area contributed by atoms with Crippen molar-refractivity contribution in [2.24, 2.45) is 0 Å². The highest BCUT2D eigenvalue weighted by atomic mass is 32.1. The Morgan fingerprint density at radius 3 is 2.76 bits per heavy atom. The third-order valence-corrected chi connectivity index (χ3v) is 7.05. The van der Waals surface area contributed by atoms with Crippen LogP contribution in [0, 0.1) is 13.8 Å². The molecule has 0 aromatic carbocycles. The molecular weight excluding hydrogens is 450 g/mol. The van der Waals surface area contributed by atoms with E-state index in [1.165, 1.54) is 11.4 Å². The van der Waals surface area contributed by atoms with Crippen LogP contribution in [0.2, 0.25) is 0 Å². The zero-order valence-electron chi connectivity index (χ0n) is 20.3. The Kier molecular flexibility index (Phi) is 8.18. The van der Waals surface area contributed by atoms with E-state index in [0.29, 0.717) is 11.7 Å². The molecule has 0 amide bonds. The van der Waals surface area contributed by atoms with Crippen molar-refractivity contribution in [2.45, 2.75) is 45.8 Å². The van der Waals surface area contributed by atoms with Gasteiger partial charge in [0.1, 0.15) is 6.54 Å². The SMILES string of the molecule is CCOC(=O)CN1C(=S)N[C@H](c2ccccn2)[C@@H]1c1cc(C)n(CCCN2CCOCC2)c1C. The molecule has 2 aliphatic heterocycles. The van der Waals surface area contributed by atoms with Crippen molar-refractivity contribution >= 4 is 23.3 Å². The summed E-state index contributed by atoms with van der Waals surface area (Å²) in [5.74, 6) is -0.280. The predicted octanol–water partition coefficient (Wildman–Crippen LogP) is 2.76. The highest BCUT2D eigenvalue weighted by Crippen LogP contribution is 2.40. The average molecular weight is 486 g/mol. The van der Waals surface area contributed by atoms with E-state index in [1.54, 1.807) is 6.20 Å². The highest BCUT2D eigenvalue weighted by Gasteiger charge is 2.42. The number of nitrogens with zero attached hydrogens (tertiary/aromatic N) is 4. The summed E-state index contributed by atoms with van der Waals surface area (Å²) in [4.78, 5) is 21.4. The van der Waals surface area contributed by atoms with E-state index in [2.05, 4.69) is 39.7 Å². The number of aromatic nitrogens is 2. The lowest BCUT2D eigenvalue weighted by molar-refractivity contribution is -0.143. The van der Waals surface area contributed by atoms with Crippen LogP contribution < -0.4 is 5.32 Å². The smallest absolute Gasteiger partial charge is 0.325 e. The lowest BCUT2D eigenvalue weighted by atomic mass is 9.97. The number of hydrogen-bond donors (Lipinski definition) is 1. The number of ether oxygens (including phenoxy) is 2. The Bertz CT molecular complexity index is 990. The molecule has 184 valence electrons. The Balaban J connectivity index is 1.59. The second kappa shape index (κ2) is 11.3.